The molecule has 0 bridgehead atoms. The zero-order chi connectivity index (χ0) is 19.4. The molecule has 7 nitrogen and oxygen atoms in total. The van der Waals surface area contributed by atoms with Crippen LogP contribution in [0, 0.1) is 0 Å². The summed E-state index contributed by atoms with van der Waals surface area (Å²) in [6.07, 6.45) is 0.806. The third-order valence-corrected chi connectivity index (χ3v) is 5.02. The molecule has 1 aromatic carbocycles. The van der Waals surface area contributed by atoms with Gasteiger partial charge in [0.2, 0.25) is 11.8 Å². The Balaban J connectivity index is 1.57. The molecular formula is C20H26N4O3. The maximum Gasteiger partial charge on any atom is 0.259 e. The summed E-state index contributed by atoms with van der Waals surface area (Å²) in [6.45, 7) is 9.47. The number of rotatable bonds is 5. The Hall–Kier alpha value is -2.67. The fourth-order valence-electron chi connectivity index (χ4n) is 3.57. The number of hydrogen-bond acceptors (Lipinski definition) is 4. The number of likely N-dealkylation sites (N-methyl/N-ethyl adjacent to an activating group) is 1. The lowest BCUT2D eigenvalue weighted by Crippen LogP contribution is -2.43. The van der Waals surface area contributed by atoms with Crippen molar-refractivity contribution in [3.05, 3.63) is 42.0 Å². The SMILES string of the molecule is C=C1c2ccccc2C(=O)N1CC(=O)N1CCCN(CC(=O)NCC)CC1. The van der Waals surface area contributed by atoms with Gasteiger partial charge < -0.3 is 10.2 Å². The van der Waals surface area contributed by atoms with Gasteiger partial charge in [-0.3, -0.25) is 24.2 Å². The molecule has 2 heterocycles. The average Bonchev–Trinajstić information content (AvgIpc) is 2.82. The molecule has 1 aromatic rings. The van der Waals surface area contributed by atoms with E-state index in [9.17, 15) is 14.4 Å². The highest BCUT2D eigenvalue weighted by Crippen LogP contribution is 2.30. The van der Waals surface area contributed by atoms with Crippen LogP contribution >= 0.6 is 0 Å². The van der Waals surface area contributed by atoms with Gasteiger partial charge in [-0.15, -0.1) is 0 Å². The second kappa shape index (κ2) is 8.35. The number of carbonyl (C=O) groups excluding carboxylic acids is 3. The zero-order valence-electron chi connectivity index (χ0n) is 15.7. The highest BCUT2D eigenvalue weighted by Gasteiger charge is 2.33. The van der Waals surface area contributed by atoms with E-state index in [-0.39, 0.29) is 24.3 Å². The van der Waals surface area contributed by atoms with Crippen LogP contribution in [0.3, 0.4) is 0 Å². The number of nitrogens with zero attached hydrogens (tertiary/aromatic N) is 3. The van der Waals surface area contributed by atoms with Crippen LogP contribution in [0.4, 0.5) is 0 Å². The highest BCUT2D eigenvalue weighted by atomic mass is 16.2. The monoisotopic (exact) mass is 370 g/mol. The Kier molecular flexibility index (Phi) is 5.91. The van der Waals surface area contributed by atoms with Crippen molar-refractivity contribution in [3.8, 4) is 0 Å². The van der Waals surface area contributed by atoms with Crippen LogP contribution < -0.4 is 5.32 Å². The molecule has 7 heteroatoms. The minimum absolute atomic E-state index is 0.00265. The molecule has 1 saturated heterocycles. The predicted molar refractivity (Wildman–Crippen MR) is 103 cm³/mol. The maximum absolute atomic E-state index is 12.8. The Morgan fingerprint density at radius 3 is 2.52 bits per heavy atom. The summed E-state index contributed by atoms with van der Waals surface area (Å²) in [5, 5.41) is 2.80. The second-order valence-electron chi connectivity index (χ2n) is 6.85. The van der Waals surface area contributed by atoms with E-state index in [0.29, 0.717) is 44.0 Å². The topological polar surface area (TPSA) is 73.0 Å². The molecule has 3 rings (SSSR count). The molecule has 27 heavy (non-hydrogen) atoms. The van der Waals surface area contributed by atoms with Crippen LogP contribution in [0.2, 0.25) is 0 Å². The third-order valence-electron chi connectivity index (χ3n) is 5.02. The van der Waals surface area contributed by atoms with E-state index in [4.69, 9.17) is 0 Å². The van der Waals surface area contributed by atoms with Gasteiger partial charge in [0.15, 0.2) is 0 Å². The van der Waals surface area contributed by atoms with Crippen LogP contribution in [-0.2, 0) is 9.59 Å². The molecule has 1 fully saturated rings. The fourth-order valence-corrected chi connectivity index (χ4v) is 3.57. The standard InChI is InChI=1S/C20H26N4O3/c1-3-21-18(25)13-22-9-6-10-23(12-11-22)19(26)14-24-15(2)16-7-4-5-8-17(16)20(24)27/h4-5,7-8H,2-3,6,9-14H2,1H3,(H,21,25). The Labute approximate surface area is 159 Å². The van der Waals surface area contributed by atoms with E-state index in [0.717, 1.165) is 18.5 Å². The summed E-state index contributed by atoms with van der Waals surface area (Å²) in [5.74, 6) is -0.247. The fraction of sp³-hybridized carbons (Fsp3) is 0.450. The highest BCUT2D eigenvalue weighted by molar-refractivity contribution is 6.10. The van der Waals surface area contributed by atoms with Crippen molar-refractivity contribution in [3.63, 3.8) is 0 Å². The first kappa shape index (κ1) is 19.1. The maximum atomic E-state index is 12.8. The smallest absolute Gasteiger partial charge is 0.259 e. The molecular weight excluding hydrogens is 344 g/mol. The van der Waals surface area contributed by atoms with Gasteiger partial charge in [-0.25, -0.2) is 0 Å². The third kappa shape index (κ3) is 4.19. The minimum atomic E-state index is -0.170. The summed E-state index contributed by atoms with van der Waals surface area (Å²) >= 11 is 0. The molecule has 1 N–H and O–H groups in total. The number of amides is 3. The lowest BCUT2D eigenvalue weighted by molar-refractivity contribution is -0.131. The van der Waals surface area contributed by atoms with Crippen molar-refractivity contribution in [2.24, 2.45) is 0 Å². The van der Waals surface area contributed by atoms with Crippen molar-refractivity contribution in [2.45, 2.75) is 13.3 Å². The molecule has 0 spiro atoms. The Morgan fingerprint density at radius 2 is 1.81 bits per heavy atom. The molecule has 144 valence electrons. The molecule has 0 aromatic heterocycles. The zero-order valence-corrected chi connectivity index (χ0v) is 15.7. The van der Waals surface area contributed by atoms with Gasteiger partial charge in [-0.1, -0.05) is 24.8 Å². The van der Waals surface area contributed by atoms with Gasteiger partial charge in [0.1, 0.15) is 6.54 Å². The van der Waals surface area contributed by atoms with E-state index >= 15 is 0 Å². The van der Waals surface area contributed by atoms with E-state index in [1.807, 2.05) is 25.1 Å². The first-order chi connectivity index (χ1) is 13.0. The number of hydrogen-bond donors (Lipinski definition) is 1. The van der Waals surface area contributed by atoms with Crippen LogP contribution in [0.1, 0.15) is 29.3 Å². The summed E-state index contributed by atoms with van der Waals surface area (Å²) in [5.41, 5.74) is 1.97. The van der Waals surface area contributed by atoms with E-state index in [1.165, 1.54) is 4.90 Å². The van der Waals surface area contributed by atoms with E-state index in [1.54, 1.807) is 11.0 Å². The van der Waals surface area contributed by atoms with Crippen molar-refractivity contribution in [1.29, 1.82) is 0 Å². The first-order valence-electron chi connectivity index (χ1n) is 9.38. The summed E-state index contributed by atoms with van der Waals surface area (Å²) in [6, 6.07) is 7.29. The lowest BCUT2D eigenvalue weighted by atomic mass is 10.1. The minimum Gasteiger partial charge on any atom is -0.355 e. The Morgan fingerprint density at radius 1 is 1.07 bits per heavy atom. The number of fused-ring (bicyclic) bond motifs is 1. The first-order valence-corrected chi connectivity index (χ1v) is 9.38. The predicted octanol–water partition coefficient (Wildman–Crippen LogP) is 0.784. The largest absolute Gasteiger partial charge is 0.355 e. The van der Waals surface area contributed by atoms with Gasteiger partial charge in [-0.05, 0) is 19.4 Å². The van der Waals surface area contributed by atoms with Crippen LogP contribution in [0.15, 0.2) is 30.8 Å². The molecule has 0 aliphatic carbocycles. The average molecular weight is 370 g/mol. The van der Waals surface area contributed by atoms with E-state index < -0.39 is 0 Å². The van der Waals surface area contributed by atoms with Crippen LogP contribution in [-0.4, -0.2) is 78.2 Å². The summed E-state index contributed by atoms with van der Waals surface area (Å²) in [4.78, 5) is 42.4. The second-order valence-corrected chi connectivity index (χ2v) is 6.85. The molecule has 2 aliphatic rings. The number of nitrogens with one attached hydrogen (secondary N) is 1. The lowest BCUT2D eigenvalue weighted by Gasteiger charge is -2.25. The summed E-state index contributed by atoms with van der Waals surface area (Å²) < 4.78 is 0. The van der Waals surface area contributed by atoms with Crippen molar-refractivity contribution >= 4 is 23.4 Å². The van der Waals surface area contributed by atoms with Crippen molar-refractivity contribution in [2.75, 3.05) is 45.8 Å². The number of benzene rings is 1. The van der Waals surface area contributed by atoms with Crippen molar-refractivity contribution < 1.29 is 14.4 Å². The van der Waals surface area contributed by atoms with Gasteiger partial charge in [0.25, 0.3) is 5.91 Å². The van der Waals surface area contributed by atoms with Gasteiger partial charge in [0, 0.05) is 49.5 Å². The molecule has 3 amide bonds. The molecule has 0 unspecified atom stereocenters. The normalized spacial score (nSPS) is 17.7. The summed E-state index contributed by atoms with van der Waals surface area (Å²) in [7, 11) is 0. The quantitative estimate of drug-likeness (QED) is 0.832. The van der Waals surface area contributed by atoms with Crippen LogP contribution in [0.5, 0.6) is 0 Å². The molecule has 2 aliphatic heterocycles. The molecule has 0 atom stereocenters. The van der Waals surface area contributed by atoms with E-state index in [2.05, 4.69) is 16.8 Å². The molecule has 0 radical (unpaired) electrons. The number of carbonyl (C=O) groups is 3. The molecule has 0 saturated carbocycles. The van der Waals surface area contributed by atoms with Gasteiger partial charge in [-0.2, -0.15) is 0 Å². The Bertz CT molecular complexity index is 726. The van der Waals surface area contributed by atoms with Crippen LogP contribution in [0.25, 0.3) is 5.70 Å². The van der Waals surface area contributed by atoms with Gasteiger partial charge in [0.05, 0.1) is 6.54 Å². The van der Waals surface area contributed by atoms with Gasteiger partial charge >= 0.3 is 0 Å². The van der Waals surface area contributed by atoms with Crippen molar-refractivity contribution in [1.82, 2.24) is 20.0 Å².